The summed E-state index contributed by atoms with van der Waals surface area (Å²) >= 11 is 0. The number of aromatic nitrogens is 1. The highest BCUT2D eigenvalue weighted by Gasteiger charge is 2.57. The number of rotatable bonds is 5. The first-order chi connectivity index (χ1) is 11.2. The number of ether oxygens (including phenoxy) is 1. The summed E-state index contributed by atoms with van der Waals surface area (Å²) in [4.78, 5) is 15.8. The van der Waals surface area contributed by atoms with Crippen molar-refractivity contribution in [1.29, 1.82) is 0 Å². The van der Waals surface area contributed by atoms with Crippen molar-refractivity contribution in [3.63, 3.8) is 0 Å². The predicted octanol–water partition coefficient (Wildman–Crippen LogP) is 1.84. The average molecular weight is 343 g/mol. The Kier molecular flexibility index (Phi) is 4.19. The zero-order valence-electron chi connectivity index (χ0n) is 13.5. The average Bonchev–Trinajstić information content (AvgIpc) is 2.98. The van der Waals surface area contributed by atoms with Gasteiger partial charge in [0.1, 0.15) is 17.9 Å². The van der Waals surface area contributed by atoms with E-state index in [1.165, 1.54) is 12.3 Å². The van der Waals surface area contributed by atoms with Gasteiger partial charge in [-0.25, -0.2) is 0 Å². The molecule has 24 heavy (non-hydrogen) atoms. The van der Waals surface area contributed by atoms with Crippen molar-refractivity contribution < 1.29 is 22.7 Å². The molecule has 132 valence electrons. The Labute approximate surface area is 138 Å². The number of alkyl halides is 3. The molecule has 2 N–H and O–H groups in total. The van der Waals surface area contributed by atoms with E-state index < -0.39 is 17.3 Å². The smallest absolute Gasteiger partial charge is 0.421 e. The first kappa shape index (κ1) is 17.0. The summed E-state index contributed by atoms with van der Waals surface area (Å²) in [7, 11) is 0. The van der Waals surface area contributed by atoms with E-state index in [1.54, 1.807) is 13.8 Å². The van der Waals surface area contributed by atoms with Crippen molar-refractivity contribution in [2.24, 2.45) is 17.8 Å². The number of fused-ring (bicyclic) bond motifs is 1. The molecule has 2 fully saturated rings. The van der Waals surface area contributed by atoms with Crippen molar-refractivity contribution in [3.8, 4) is 5.75 Å². The van der Waals surface area contributed by atoms with Gasteiger partial charge in [0.2, 0.25) is 5.91 Å². The van der Waals surface area contributed by atoms with Crippen molar-refractivity contribution in [2.75, 3.05) is 19.7 Å². The number of nitrogens with zero attached hydrogens (tertiary/aromatic N) is 1. The minimum Gasteiger partial charge on any atom is -0.490 e. The maximum absolute atomic E-state index is 12.9. The van der Waals surface area contributed by atoms with Gasteiger partial charge >= 0.3 is 6.18 Å². The predicted molar refractivity (Wildman–Crippen MR) is 80.3 cm³/mol. The molecule has 0 bridgehead atoms. The van der Waals surface area contributed by atoms with Gasteiger partial charge in [-0.15, -0.1) is 0 Å². The second-order valence-corrected chi connectivity index (χ2v) is 7.04. The first-order valence-electron chi connectivity index (χ1n) is 7.86. The summed E-state index contributed by atoms with van der Waals surface area (Å²) in [5, 5.41) is 6.11. The van der Waals surface area contributed by atoms with Gasteiger partial charge in [-0.2, -0.15) is 13.2 Å². The molecule has 5 nitrogen and oxygen atoms in total. The van der Waals surface area contributed by atoms with Gasteiger partial charge in [-0.05, 0) is 44.8 Å². The van der Waals surface area contributed by atoms with E-state index in [4.69, 9.17) is 4.74 Å². The Morgan fingerprint density at radius 1 is 1.38 bits per heavy atom. The summed E-state index contributed by atoms with van der Waals surface area (Å²) in [6.45, 7) is 5.11. The molecular formula is C16H20F3N3O2. The fourth-order valence-corrected chi connectivity index (χ4v) is 3.24. The molecule has 2 heterocycles. The lowest BCUT2D eigenvalue weighted by Gasteiger charge is -2.27. The maximum atomic E-state index is 12.9. The molecule has 0 spiro atoms. The monoisotopic (exact) mass is 343 g/mol. The molecule has 1 saturated carbocycles. The molecular weight excluding hydrogens is 323 g/mol. The fraction of sp³-hybridized carbons (Fsp3) is 0.625. The molecule has 1 amide bonds. The van der Waals surface area contributed by atoms with Crippen molar-refractivity contribution >= 4 is 5.91 Å². The Morgan fingerprint density at radius 2 is 2.04 bits per heavy atom. The quantitative estimate of drug-likeness (QED) is 0.856. The largest absolute Gasteiger partial charge is 0.490 e. The number of hydrogen-bond acceptors (Lipinski definition) is 4. The van der Waals surface area contributed by atoms with Crippen LogP contribution in [0.3, 0.4) is 0 Å². The highest BCUT2D eigenvalue weighted by molar-refractivity contribution is 5.83. The molecule has 3 rings (SSSR count). The third-order valence-corrected chi connectivity index (χ3v) is 4.53. The lowest BCUT2D eigenvalue weighted by atomic mass is 10.1. The van der Waals surface area contributed by atoms with Crippen LogP contribution in [0.4, 0.5) is 13.2 Å². The number of amides is 1. The molecule has 1 aromatic heterocycles. The molecule has 1 saturated heterocycles. The molecule has 1 aromatic rings. The van der Waals surface area contributed by atoms with Gasteiger partial charge in [-0.3, -0.25) is 9.78 Å². The minimum absolute atomic E-state index is 0.0113. The van der Waals surface area contributed by atoms with E-state index in [2.05, 4.69) is 15.6 Å². The summed E-state index contributed by atoms with van der Waals surface area (Å²) < 4.78 is 44.1. The number of halogens is 3. The number of piperidine rings is 1. The number of hydrogen-bond donors (Lipinski definition) is 2. The zero-order chi connectivity index (χ0) is 17.5. The van der Waals surface area contributed by atoms with Crippen LogP contribution < -0.4 is 15.4 Å². The van der Waals surface area contributed by atoms with E-state index >= 15 is 0 Å². The molecule has 0 aromatic carbocycles. The maximum Gasteiger partial charge on any atom is 0.421 e. The van der Waals surface area contributed by atoms with Crippen LogP contribution >= 0.6 is 0 Å². The van der Waals surface area contributed by atoms with Crippen LogP contribution in [0.15, 0.2) is 18.5 Å². The van der Waals surface area contributed by atoms with Crippen molar-refractivity contribution in [1.82, 2.24) is 15.6 Å². The van der Waals surface area contributed by atoms with Crippen LogP contribution in [0.25, 0.3) is 0 Å². The van der Waals surface area contributed by atoms with Crippen LogP contribution in [0.1, 0.15) is 19.4 Å². The molecule has 2 aliphatic rings. The standard InChI is InChI=1S/C16H20F3N3O2/c1-15(2,22-14(23)13-9-5-21-6-10(9)13)8-24-12-3-4-20-7-11(12)16(17,18)19/h3-4,7,9-10,13,21H,5-6,8H2,1-2H3,(H,22,23)/t9-,10?,13?/m1/s1. The van der Waals surface area contributed by atoms with Gasteiger partial charge in [-0.1, -0.05) is 0 Å². The minimum atomic E-state index is -4.53. The summed E-state index contributed by atoms with van der Waals surface area (Å²) in [5.74, 6) is 0.452. The second-order valence-electron chi connectivity index (χ2n) is 7.04. The van der Waals surface area contributed by atoms with Crippen LogP contribution in [0.2, 0.25) is 0 Å². The summed E-state index contributed by atoms with van der Waals surface area (Å²) in [6, 6.07) is 1.18. The van der Waals surface area contributed by atoms with E-state index in [-0.39, 0.29) is 24.2 Å². The van der Waals surface area contributed by atoms with E-state index in [0.29, 0.717) is 11.8 Å². The lowest BCUT2D eigenvalue weighted by Crippen LogP contribution is -2.49. The summed E-state index contributed by atoms with van der Waals surface area (Å²) in [5.41, 5.74) is -1.69. The highest BCUT2D eigenvalue weighted by atomic mass is 19.4. The SMILES string of the molecule is CC(C)(COc1ccncc1C(F)(F)F)NC(=O)C1C2CNC[C@H]21. The molecule has 0 radical (unpaired) electrons. The third-order valence-electron chi connectivity index (χ3n) is 4.53. The van der Waals surface area contributed by atoms with Crippen LogP contribution in [-0.4, -0.2) is 36.1 Å². The normalized spacial score (nSPS) is 26.0. The van der Waals surface area contributed by atoms with Gasteiger partial charge < -0.3 is 15.4 Å². The molecule has 1 aliphatic heterocycles. The number of nitrogens with one attached hydrogen (secondary N) is 2. The highest BCUT2D eigenvalue weighted by Crippen LogP contribution is 2.48. The van der Waals surface area contributed by atoms with Crippen LogP contribution in [0, 0.1) is 17.8 Å². The van der Waals surface area contributed by atoms with Crippen LogP contribution in [0.5, 0.6) is 5.75 Å². The van der Waals surface area contributed by atoms with E-state index in [9.17, 15) is 18.0 Å². The Hall–Kier alpha value is -1.83. The molecule has 1 aliphatic carbocycles. The van der Waals surface area contributed by atoms with Crippen molar-refractivity contribution in [2.45, 2.75) is 25.6 Å². The fourth-order valence-electron chi connectivity index (χ4n) is 3.24. The van der Waals surface area contributed by atoms with E-state index in [0.717, 1.165) is 19.3 Å². The number of carbonyl (C=O) groups is 1. The molecule has 2 unspecified atom stereocenters. The Morgan fingerprint density at radius 3 is 2.67 bits per heavy atom. The number of pyridine rings is 1. The third kappa shape index (κ3) is 3.48. The van der Waals surface area contributed by atoms with Gasteiger partial charge in [0, 0.05) is 18.3 Å². The lowest BCUT2D eigenvalue weighted by molar-refractivity contribution is -0.139. The molecule has 8 heteroatoms. The van der Waals surface area contributed by atoms with Crippen molar-refractivity contribution in [3.05, 3.63) is 24.0 Å². The van der Waals surface area contributed by atoms with Gasteiger partial charge in [0.05, 0.1) is 5.54 Å². The van der Waals surface area contributed by atoms with E-state index in [1.807, 2.05) is 0 Å². The number of carbonyl (C=O) groups excluding carboxylic acids is 1. The second kappa shape index (κ2) is 5.91. The zero-order valence-corrected chi connectivity index (χ0v) is 13.5. The Balaban J connectivity index is 1.58. The topological polar surface area (TPSA) is 63.2 Å². The Bertz CT molecular complexity index is 623. The van der Waals surface area contributed by atoms with Crippen LogP contribution in [-0.2, 0) is 11.0 Å². The first-order valence-corrected chi connectivity index (χ1v) is 7.86. The van der Waals surface area contributed by atoms with Gasteiger partial charge in [0.15, 0.2) is 0 Å². The van der Waals surface area contributed by atoms with Gasteiger partial charge in [0.25, 0.3) is 0 Å². The summed E-state index contributed by atoms with van der Waals surface area (Å²) in [6.07, 6.45) is -2.55. The molecule has 3 atom stereocenters.